The largest absolute Gasteiger partial charge is 0.507 e. The van der Waals surface area contributed by atoms with Crippen molar-refractivity contribution in [1.82, 2.24) is 4.90 Å². The smallest absolute Gasteiger partial charge is 0.257 e. The Kier molecular flexibility index (Phi) is 4.10. The summed E-state index contributed by atoms with van der Waals surface area (Å²) in [7, 11) is 0. The molecule has 1 aromatic carbocycles. The molecule has 0 spiro atoms. The summed E-state index contributed by atoms with van der Waals surface area (Å²) in [5.74, 6) is 0.353. The fraction of sp³-hybridized carbons (Fsp3) is 0.533. The summed E-state index contributed by atoms with van der Waals surface area (Å²) in [5.41, 5.74) is 7.06. The number of piperidine rings is 1. The molecule has 0 bridgehead atoms. The number of nitrogens with two attached hydrogens (primary N) is 1. The zero-order chi connectivity index (χ0) is 14.0. The monoisotopic (exact) mass is 262 g/mol. The van der Waals surface area contributed by atoms with Crippen LogP contribution in [0.15, 0.2) is 18.2 Å². The van der Waals surface area contributed by atoms with Gasteiger partial charge < -0.3 is 15.7 Å². The lowest BCUT2D eigenvalue weighted by Crippen LogP contribution is -2.45. The highest BCUT2D eigenvalue weighted by Crippen LogP contribution is 2.26. The quantitative estimate of drug-likeness (QED) is 0.855. The van der Waals surface area contributed by atoms with Crippen molar-refractivity contribution in [2.45, 2.75) is 32.7 Å². The van der Waals surface area contributed by atoms with E-state index < -0.39 is 0 Å². The number of phenols is 1. The van der Waals surface area contributed by atoms with Gasteiger partial charge in [-0.15, -0.1) is 0 Å². The average Bonchev–Trinajstić information content (AvgIpc) is 2.41. The number of aryl methyl sites for hydroxylation is 1. The summed E-state index contributed by atoms with van der Waals surface area (Å²) in [6.07, 6.45) is 2.05. The average molecular weight is 262 g/mol. The van der Waals surface area contributed by atoms with Gasteiger partial charge in [0.25, 0.3) is 5.91 Å². The molecule has 0 saturated carbocycles. The van der Waals surface area contributed by atoms with Crippen LogP contribution in [0.5, 0.6) is 5.75 Å². The van der Waals surface area contributed by atoms with E-state index in [9.17, 15) is 9.90 Å². The number of carbonyl (C=O) groups is 1. The van der Waals surface area contributed by atoms with Crippen molar-refractivity contribution in [2.24, 2.45) is 11.7 Å². The number of nitrogens with zero attached hydrogens (tertiary/aromatic N) is 1. The van der Waals surface area contributed by atoms with E-state index in [1.54, 1.807) is 25.1 Å². The van der Waals surface area contributed by atoms with Gasteiger partial charge in [0.2, 0.25) is 0 Å². The van der Waals surface area contributed by atoms with Crippen LogP contribution in [0, 0.1) is 12.8 Å². The van der Waals surface area contributed by atoms with E-state index in [0.29, 0.717) is 18.0 Å². The third-order valence-electron chi connectivity index (χ3n) is 3.96. The zero-order valence-corrected chi connectivity index (χ0v) is 11.6. The van der Waals surface area contributed by atoms with Crippen molar-refractivity contribution in [1.29, 1.82) is 0 Å². The van der Waals surface area contributed by atoms with E-state index in [0.717, 1.165) is 24.9 Å². The molecule has 4 heteroatoms. The predicted molar refractivity (Wildman–Crippen MR) is 75.1 cm³/mol. The van der Waals surface area contributed by atoms with E-state index in [-0.39, 0.29) is 17.7 Å². The number of aromatic hydroxyl groups is 1. The zero-order valence-electron chi connectivity index (χ0n) is 11.6. The third kappa shape index (κ3) is 2.89. The Morgan fingerprint density at radius 3 is 2.95 bits per heavy atom. The Balaban J connectivity index is 2.17. The molecule has 2 atom stereocenters. The van der Waals surface area contributed by atoms with Crippen molar-refractivity contribution in [3.8, 4) is 5.75 Å². The minimum absolute atomic E-state index is 0.0912. The summed E-state index contributed by atoms with van der Waals surface area (Å²) in [5, 5.41) is 10.0. The van der Waals surface area contributed by atoms with Gasteiger partial charge in [-0.05, 0) is 44.2 Å². The molecule has 2 unspecified atom stereocenters. The SMILES string of the molecule is Cc1cccc(C(=O)N2CCCC(C(C)N)C2)c1O. The number of likely N-dealkylation sites (tertiary alicyclic amines) is 1. The lowest BCUT2D eigenvalue weighted by Gasteiger charge is -2.34. The van der Waals surface area contributed by atoms with Gasteiger partial charge in [0.05, 0.1) is 5.56 Å². The lowest BCUT2D eigenvalue weighted by molar-refractivity contribution is 0.0658. The molecule has 1 saturated heterocycles. The molecule has 0 aromatic heterocycles. The summed E-state index contributed by atoms with van der Waals surface area (Å²) >= 11 is 0. The minimum Gasteiger partial charge on any atom is -0.507 e. The van der Waals surface area contributed by atoms with Crippen molar-refractivity contribution >= 4 is 5.91 Å². The van der Waals surface area contributed by atoms with Gasteiger partial charge in [-0.3, -0.25) is 4.79 Å². The van der Waals surface area contributed by atoms with E-state index in [1.165, 1.54) is 0 Å². The summed E-state index contributed by atoms with van der Waals surface area (Å²) < 4.78 is 0. The normalized spacial score (nSPS) is 21.2. The molecule has 3 N–H and O–H groups in total. The lowest BCUT2D eigenvalue weighted by atomic mass is 9.91. The first kappa shape index (κ1) is 13.9. The van der Waals surface area contributed by atoms with Crippen LogP contribution in [0.3, 0.4) is 0 Å². The van der Waals surface area contributed by atoms with Gasteiger partial charge in [-0.1, -0.05) is 12.1 Å². The van der Waals surface area contributed by atoms with E-state index in [4.69, 9.17) is 5.73 Å². The van der Waals surface area contributed by atoms with Crippen molar-refractivity contribution in [2.75, 3.05) is 13.1 Å². The van der Waals surface area contributed by atoms with Crippen LogP contribution < -0.4 is 5.73 Å². The van der Waals surface area contributed by atoms with Crippen LogP contribution in [-0.2, 0) is 0 Å². The Morgan fingerprint density at radius 2 is 2.26 bits per heavy atom. The molecule has 2 rings (SSSR count). The van der Waals surface area contributed by atoms with Gasteiger partial charge in [0.1, 0.15) is 5.75 Å². The van der Waals surface area contributed by atoms with Gasteiger partial charge >= 0.3 is 0 Å². The molecule has 1 aliphatic rings. The molecule has 1 fully saturated rings. The van der Waals surface area contributed by atoms with Gasteiger partial charge in [-0.25, -0.2) is 0 Å². The summed E-state index contributed by atoms with van der Waals surface area (Å²) in [6.45, 7) is 5.22. The Hall–Kier alpha value is -1.55. The molecule has 1 amide bonds. The highest BCUT2D eigenvalue weighted by atomic mass is 16.3. The maximum absolute atomic E-state index is 12.5. The van der Waals surface area contributed by atoms with Gasteiger partial charge in [-0.2, -0.15) is 0 Å². The Morgan fingerprint density at radius 1 is 1.53 bits per heavy atom. The number of carbonyl (C=O) groups excluding carboxylic acids is 1. The summed E-state index contributed by atoms with van der Waals surface area (Å²) in [4.78, 5) is 14.3. The van der Waals surface area contributed by atoms with Crippen LogP contribution in [0.4, 0.5) is 0 Å². The summed E-state index contributed by atoms with van der Waals surface area (Å²) in [6, 6.07) is 5.38. The van der Waals surface area contributed by atoms with Gasteiger partial charge in [0.15, 0.2) is 0 Å². The highest BCUT2D eigenvalue weighted by Gasteiger charge is 2.27. The van der Waals surface area contributed by atoms with Crippen LogP contribution in [0.25, 0.3) is 0 Å². The first-order valence-corrected chi connectivity index (χ1v) is 6.84. The molecular weight excluding hydrogens is 240 g/mol. The fourth-order valence-corrected chi connectivity index (χ4v) is 2.63. The van der Waals surface area contributed by atoms with Crippen molar-refractivity contribution in [3.05, 3.63) is 29.3 Å². The standard InChI is InChI=1S/C15H22N2O2/c1-10-5-3-7-13(14(10)18)15(19)17-8-4-6-12(9-17)11(2)16/h3,5,7,11-12,18H,4,6,8-9,16H2,1-2H3. The first-order valence-electron chi connectivity index (χ1n) is 6.84. The maximum Gasteiger partial charge on any atom is 0.257 e. The van der Waals surface area contributed by atoms with E-state index in [2.05, 4.69) is 0 Å². The predicted octanol–water partition coefficient (Wildman–Crippen LogP) is 1.90. The number of amides is 1. The first-order chi connectivity index (χ1) is 9.00. The number of benzene rings is 1. The number of rotatable bonds is 2. The van der Waals surface area contributed by atoms with Crippen LogP contribution in [-0.4, -0.2) is 35.0 Å². The Labute approximate surface area is 114 Å². The molecule has 1 aliphatic heterocycles. The molecule has 19 heavy (non-hydrogen) atoms. The van der Waals surface area contributed by atoms with Crippen molar-refractivity contribution in [3.63, 3.8) is 0 Å². The van der Waals surface area contributed by atoms with E-state index >= 15 is 0 Å². The number of para-hydroxylation sites is 1. The topological polar surface area (TPSA) is 66.6 Å². The number of phenolic OH excluding ortho intramolecular Hbond substituents is 1. The van der Waals surface area contributed by atoms with Crippen LogP contribution in [0.2, 0.25) is 0 Å². The second-order valence-corrected chi connectivity index (χ2v) is 5.48. The van der Waals surface area contributed by atoms with E-state index in [1.807, 2.05) is 11.8 Å². The molecule has 4 nitrogen and oxygen atoms in total. The van der Waals surface area contributed by atoms with Crippen LogP contribution >= 0.6 is 0 Å². The molecule has 104 valence electrons. The Bertz CT molecular complexity index is 471. The third-order valence-corrected chi connectivity index (χ3v) is 3.96. The molecule has 1 heterocycles. The van der Waals surface area contributed by atoms with Crippen molar-refractivity contribution < 1.29 is 9.90 Å². The minimum atomic E-state index is -0.0912. The van der Waals surface area contributed by atoms with Gasteiger partial charge in [0, 0.05) is 19.1 Å². The maximum atomic E-state index is 12.5. The molecule has 0 aliphatic carbocycles. The fourth-order valence-electron chi connectivity index (χ4n) is 2.63. The molecule has 0 radical (unpaired) electrons. The number of hydrogen-bond acceptors (Lipinski definition) is 3. The second-order valence-electron chi connectivity index (χ2n) is 5.48. The number of hydrogen-bond donors (Lipinski definition) is 2. The molecular formula is C15H22N2O2. The van der Waals surface area contributed by atoms with Crippen LogP contribution in [0.1, 0.15) is 35.7 Å². The highest BCUT2D eigenvalue weighted by molar-refractivity contribution is 5.97. The second kappa shape index (κ2) is 5.61. The molecule has 1 aromatic rings.